The predicted molar refractivity (Wildman–Crippen MR) is 170 cm³/mol. The lowest BCUT2D eigenvalue weighted by Gasteiger charge is -2.32. The van der Waals surface area contributed by atoms with Crippen LogP contribution in [0.25, 0.3) is 5.70 Å². The molecule has 4 aromatic carbocycles. The lowest BCUT2D eigenvalue weighted by molar-refractivity contribution is -0.118. The van der Waals surface area contributed by atoms with Gasteiger partial charge in [-0.3, -0.25) is 9.59 Å². The third-order valence-corrected chi connectivity index (χ3v) is 6.98. The molecule has 0 aliphatic carbocycles. The molecule has 1 amide bonds. The maximum Gasteiger partial charge on any atom is 0.262 e. The number of Topliss-reactive ketones (excluding diaryl/α,β-unsaturated/α-hetero) is 1. The third-order valence-electron chi connectivity index (χ3n) is 6.76. The molecule has 4 aromatic rings. The quantitative estimate of drug-likeness (QED) is 0.146. The number of carbonyl (C=O) groups excluding carboxylic acids is 2. The fourth-order valence-corrected chi connectivity index (χ4v) is 5.03. The highest BCUT2D eigenvalue weighted by Gasteiger charge is 2.33. The van der Waals surface area contributed by atoms with E-state index in [9.17, 15) is 9.59 Å². The molecule has 0 aromatic heterocycles. The molecule has 0 radical (unpaired) electrons. The number of hydrogen-bond donors (Lipinski definition) is 3. The topological polar surface area (TPSA) is 97.9 Å². The van der Waals surface area contributed by atoms with E-state index in [1.54, 1.807) is 36.4 Å². The summed E-state index contributed by atoms with van der Waals surface area (Å²) in [4.78, 5) is 26.7. The smallest absolute Gasteiger partial charge is 0.262 e. The summed E-state index contributed by atoms with van der Waals surface area (Å²) < 4.78 is 17.1. The molecule has 9 heteroatoms. The molecular formula is C34H31N3O5S. The molecule has 0 spiro atoms. The number of thiocarbonyl (C=S) groups is 1. The van der Waals surface area contributed by atoms with Gasteiger partial charge in [0.05, 0.1) is 36.7 Å². The molecule has 1 aliphatic heterocycles. The summed E-state index contributed by atoms with van der Waals surface area (Å²) in [7, 11) is 1.54. The second kappa shape index (κ2) is 13.7. The predicted octanol–water partition coefficient (Wildman–Crippen LogP) is 5.92. The molecule has 0 saturated heterocycles. The van der Waals surface area contributed by atoms with Gasteiger partial charge in [-0.15, -0.1) is 0 Å². The van der Waals surface area contributed by atoms with Gasteiger partial charge in [-0.1, -0.05) is 78.9 Å². The second-order valence-electron chi connectivity index (χ2n) is 9.56. The standard InChI is InChI=1S/C34H31N3O5S/c1-3-41-28-20-24(18-19-27(28)42-21-29(38)35-25-16-10-11-17-26(25)40-2)32-30(33(39)23-14-8-5-9-15-23)31(36-34(43)37-32)22-12-6-4-7-13-22/h4-20,32H,3,21H2,1-2H3,(H,35,38)(H2,36,37,43)/t32-/m1/s1. The van der Waals surface area contributed by atoms with E-state index < -0.39 is 6.04 Å². The summed E-state index contributed by atoms with van der Waals surface area (Å²) >= 11 is 5.59. The average Bonchev–Trinajstić information content (AvgIpc) is 3.04. The Morgan fingerprint density at radius 1 is 0.837 bits per heavy atom. The molecule has 3 N–H and O–H groups in total. The van der Waals surface area contributed by atoms with Crippen LogP contribution in [0.4, 0.5) is 5.69 Å². The first-order valence-electron chi connectivity index (χ1n) is 13.8. The molecule has 1 atom stereocenters. The van der Waals surface area contributed by atoms with E-state index in [4.69, 9.17) is 26.4 Å². The number of para-hydroxylation sites is 2. The Morgan fingerprint density at radius 3 is 2.26 bits per heavy atom. The summed E-state index contributed by atoms with van der Waals surface area (Å²) in [5.41, 5.74) is 3.82. The van der Waals surface area contributed by atoms with Crippen molar-refractivity contribution in [1.82, 2.24) is 10.6 Å². The van der Waals surface area contributed by atoms with E-state index in [0.717, 1.165) is 11.1 Å². The maximum absolute atomic E-state index is 14.0. The molecule has 1 heterocycles. The van der Waals surface area contributed by atoms with Crippen LogP contribution >= 0.6 is 12.2 Å². The zero-order valence-corrected chi connectivity index (χ0v) is 24.6. The van der Waals surface area contributed by atoms with Gasteiger partial charge in [-0.05, 0) is 54.5 Å². The average molecular weight is 594 g/mol. The highest BCUT2D eigenvalue weighted by Crippen LogP contribution is 2.37. The molecule has 0 bridgehead atoms. The van der Waals surface area contributed by atoms with Crippen molar-refractivity contribution in [2.45, 2.75) is 13.0 Å². The number of rotatable bonds is 11. The van der Waals surface area contributed by atoms with Crippen molar-refractivity contribution in [3.63, 3.8) is 0 Å². The van der Waals surface area contributed by atoms with Crippen LogP contribution in [-0.2, 0) is 4.79 Å². The Balaban J connectivity index is 1.47. The molecule has 218 valence electrons. The lowest BCUT2D eigenvalue weighted by Crippen LogP contribution is -2.44. The zero-order valence-electron chi connectivity index (χ0n) is 23.8. The minimum atomic E-state index is -0.584. The minimum absolute atomic E-state index is 0.141. The van der Waals surface area contributed by atoms with Crippen molar-refractivity contribution in [2.24, 2.45) is 0 Å². The molecule has 0 unspecified atom stereocenters. The lowest BCUT2D eigenvalue weighted by atomic mass is 9.87. The minimum Gasteiger partial charge on any atom is -0.495 e. The van der Waals surface area contributed by atoms with Crippen LogP contribution in [0, 0.1) is 0 Å². The van der Waals surface area contributed by atoms with Crippen LogP contribution in [0.15, 0.2) is 109 Å². The second-order valence-corrected chi connectivity index (χ2v) is 9.97. The van der Waals surface area contributed by atoms with Crippen molar-refractivity contribution in [3.05, 3.63) is 125 Å². The molecule has 43 heavy (non-hydrogen) atoms. The molecule has 1 aliphatic rings. The number of amides is 1. The summed E-state index contributed by atoms with van der Waals surface area (Å²) in [6.07, 6.45) is 0. The number of hydrogen-bond acceptors (Lipinski definition) is 6. The van der Waals surface area contributed by atoms with Gasteiger partial charge in [0.25, 0.3) is 5.91 Å². The molecular weight excluding hydrogens is 562 g/mol. The third kappa shape index (κ3) is 6.85. The van der Waals surface area contributed by atoms with E-state index in [1.165, 1.54) is 7.11 Å². The number of ketones is 1. The van der Waals surface area contributed by atoms with Gasteiger partial charge in [0, 0.05) is 5.56 Å². The van der Waals surface area contributed by atoms with E-state index in [-0.39, 0.29) is 18.3 Å². The summed E-state index contributed by atoms with van der Waals surface area (Å²) in [6, 6.07) is 30.7. The molecule has 0 saturated carbocycles. The van der Waals surface area contributed by atoms with Crippen molar-refractivity contribution < 1.29 is 23.8 Å². The Kier molecular flexibility index (Phi) is 9.33. The summed E-state index contributed by atoms with van der Waals surface area (Å²) in [6.45, 7) is 1.98. The Hall–Kier alpha value is -5.15. The van der Waals surface area contributed by atoms with Crippen LogP contribution < -0.4 is 30.2 Å². The Morgan fingerprint density at radius 2 is 1.53 bits per heavy atom. The number of benzene rings is 4. The summed E-state index contributed by atoms with van der Waals surface area (Å²) in [5, 5.41) is 9.68. The van der Waals surface area contributed by atoms with Gasteiger partial charge in [0.1, 0.15) is 5.75 Å². The monoisotopic (exact) mass is 593 g/mol. The van der Waals surface area contributed by atoms with Gasteiger partial charge in [0.15, 0.2) is 29.0 Å². The van der Waals surface area contributed by atoms with Crippen LogP contribution in [0.3, 0.4) is 0 Å². The van der Waals surface area contributed by atoms with E-state index in [0.29, 0.717) is 51.5 Å². The van der Waals surface area contributed by atoms with Crippen molar-refractivity contribution >= 4 is 40.4 Å². The maximum atomic E-state index is 14.0. The van der Waals surface area contributed by atoms with E-state index in [1.807, 2.05) is 73.7 Å². The van der Waals surface area contributed by atoms with Crippen LogP contribution in [0.2, 0.25) is 0 Å². The normalized spacial score (nSPS) is 14.3. The fraction of sp³-hybridized carbons (Fsp3) is 0.147. The van der Waals surface area contributed by atoms with Crippen molar-refractivity contribution in [3.8, 4) is 17.2 Å². The summed E-state index contributed by atoms with van der Waals surface area (Å²) in [5.74, 6) is 0.877. The van der Waals surface area contributed by atoms with Gasteiger partial charge >= 0.3 is 0 Å². The number of methoxy groups -OCH3 is 1. The van der Waals surface area contributed by atoms with Gasteiger partial charge in [0.2, 0.25) is 0 Å². The number of ether oxygens (including phenoxy) is 3. The SMILES string of the molecule is CCOc1cc([C@H]2NC(=S)NC(c3ccccc3)=C2C(=O)c2ccccc2)ccc1OCC(=O)Nc1ccccc1OC. The molecule has 5 rings (SSSR count). The molecule has 0 fully saturated rings. The van der Waals surface area contributed by atoms with Gasteiger partial charge in [-0.2, -0.15) is 0 Å². The van der Waals surface area contributed by atoms with Crippen LogP contribution in [0.5, 0.6) is 17.2 Å². The Bertz CT molecular complexity index is 1660. The fourth-order valence-electron chi connectivity index (χ4n) is 4.81. The van der Waals surface area contributed by atoms with Crippen molar-refractivity contribution in [2.75, 3.05) is 25.6 Å². The largest absolute Gasteiger partial charge is 0.495 e. The van der Waals surface area contributed by atoms with Crippen molar-refractivity contribution in [1.29, 1.82) is 0 Å². The zero-order chi connectivity index (χ0) is 30.2. The van der Waals surface area contributed by atoms with E-state index >= 15 is 0 Å². The van der Waals surface area contributed by atoms with Crippen LogP contribution in [0.1, 0.15) is 34.5 Å². The molecule has 8 nitrogen and oxygen atoms in total. The number of nitrogens with one attached hydrogen (secondary N) is 3. The Labute approximate surface area is 255 Å². The number of anilines is 1. The van der Waals surface area contributed by atoms with Gasteiger partial charge < -0.3 is 30.2 Å². The highest BCUT2D eigenvalue weighted by molar-refractivity contribution is 7.80. The van der Waals surface area contributed by atoms with Crippen LogP contribution in [-0.4, -0.2) is 37.1 Å². The first kappa shape index (κ1) is 29.3. The highest BCUT2D eigenvalue weighted by atomic mass is 32.1. The first-order valence-corrected chi connectivity index (χ1v) is 14.2. The first-order chi connectivity index (χ1) is 21.0. The van der Waals surface area contributed by atoms with Gasteiger partial charge in [-0.25, -0.2) is 0 Å². The van der Waals surface area contributed by atoms with E-state index in [2.05, 4.69) is 16.0 Å². The number of carbonyl (C=O) groups is 2.